The molecule has 0 aromatic heterocycles. The molecule has 0 radical (unpaired) electrons. The van der Waals surface area contributed by atoms with Gasteiger partial charge in [0.1, 0.15) is 12.4 Å². The molecule has 0 aliphatic heterocycles. The zero-order valence-corrected chi connectivity index (χ0v) is 13.9. The molecule has 6 nitrogen and oxygen atoms in total. The van der Waals surface area contributed by atoms with E-state index in [4.69, 9.17) is 14.6 Å². The molecule has 0 spiro atoms. The maximum Gasteiger partial charge on any atom is 0.305 e. The van der Waals surface area contributed by atoms with Gasteiger partial charge in [0, 0.05) is 25.8 Å². The number of carboxylic acid groups (broad SMARTS) is 1. The van der Waals surface area contributed by atoms with Crippen molar-refractivity contribution in [1.82, 2.24) is 4.90 Å². The topological polar surface area (TPSA) is 76.1 Å². The number of benzene rings is 1. The van der Waals surface area contributed by atoms with Crippen LogP contribution < -0.4 is 4.74 Å². The molecule has 1 amide bonds. The Kier molecular flexibility index (Phi) is 8.11. The fourth-order valence-electron chi connectivity index (χ4n) is 2.07. The SMILES string of the molecule is COCCOc1ccc(C(=O)N(CCC(=O)O)CC(C)C)cc1. The Balaban J connectivity index is 2.72. The monoisotopic (exact) mass is 323 g/mol. The zero-order valence-electron chi connectivity index (χ0n) is 13.9. The highest BCUT2D eigenvalue weighted by Crippen LogP contribution is 2.15. The molecule has 1 aromatic rings. The van der Waals surface area contributed by atoms with E-state index in [1.54, 1.807) is 36.3 Å². The summed E-state index contributed by atoms with van der Waals surface area (Å²) in [5.41, 5.74) is 0.523. The van der Waals surface area contributed by atoms with Crippen LogP contribution in [0.4, 0.5) is 0 Å². The second kappa shape index (κ2) is 9.84. The van der Waals surface area contributed by atoms with Gasteiger partial charge in [-0.3, -0.25) is 9.59 Å². The van der Waals surface area contributed by atoms with E-state index >= 15 is 0 Å². The first-order chi connectivity index (χ1) is 10.9. The van der Waals surface area contributed by atoms with Crippen molar-refractivity contribution in [3.8, 4) is 5.75 Å². The van der Waals surface area contributed by atoms with Gasteiger partial charge in [0.25, 0.3) is 5.91 Å². The van der Waals surface area contributed by atoms with Gasteiger partial charge in [-0.1, -0.05) is 13.8 Å². The zero-order chi connectivity index (χ0) is 17.2. The Morgan fingerprint density at radius 1 is 1.17 bits per heavy atom. The highest BCUT2D eigenvalue weighted by atomic mass is 16.5. The summed E-state index contributed by atoms with van der Waals surface area (Å²) in [6, 6.07) is 6.85. The van der Waals surface area contributed by atoms with Gasteiger partial charge in [0.2, 0.25) is 0 Å². The molecule has 128 valence electrons. The number of carboxylic acids is 1. The predicted octanol–water partition coefficient (Wildman–Crippen LogP) is 2.28. The summed E-state index contributed by atoms with van der Waals surface area (Å²) in [5, 5.41) is 8.82. The highest BCUT2D eigenvalue weighted by Gasteiger charge is 2.18. The van der Waals surface area contributed by atoms with Crippen LogP contribution in [-0.4, -0.2) is 55.3 Å². The van der Waals surface area contributed by atoms with Crippen LogP contribution in [0.3, 0.4) is 0 Å². The largest absolute Gasteiger partial charge is 0.491 e. The fourth-order valence-corrected chi connectivity index (χ4v) is 2.07. The van der Waals surface area contributed by atoms with Crippen molar-refractivity contribution in [3.05, 3.63) is 29.8 Å². The van der Waals surface area contributed by atoms with E-state index in [0.29, 0.717) is 31.1 Å². The Bertz CT molecular complexity index is 498. The van der Waals surface area contributed by atoms with Crippen LogP contribution in [0.5, 0.6) is 5.75 Å². The minimum Gasteiger partial charge on any atom is -0.491 e. The van der Waals surface area contributed by atoms with Crippen LogP contribution in [0.1, 0.15) is 30.6 Å². The average molecular weight is 323 g/mol. The maximum absolute atomic E-state index is 12.5. The van der Waals surface area contributed by atoms with E-state index in [9.17, 15) is 9.59 Å². The van der Waals surface area contributed by atoms with Crippen LogP contribution in [0.2, 0.25) is 0 Å². The molecular formula is C17H25NO5. The molecule has 0 aliphatic rings. The quantitative estimate of drug-likeness (QED) is 0.669. The van der Waals surface area contributed by atoms with Gasteiger partial charge in [0.15, 0.2) is 0 Å². The first-order valence-electron chi connectivity index (χ1n) is 7.67. The predicted molar refractivity (Wildman–Crippen MR) is 86.8 cm³/mol. The lowest BCUT2D eigenvalue weighted by Crippen LogP contribution is -2.35. The Hall–Kier alpha value is -2.08. The number of rotatable bonds is 10. The van der Waals surface area contributed by atoms with E-state index in [2.05, 4.69) is 0 Å². The molecular weight excluding hydrogens is 298 g/mol. The van der Waals surface area contributed by atoms with Crippen molar-refractivity contribution in [2.75, 3.05) is 33.4 Å². The summed E-state index contributed by atoms with van der Waals surface area (Å²) in [7, 11) is 1.60. The second-order valence-electron chi connectivity index (χ2n) is 5.65. The molecule has 0 atom stereocenters. The summed E-state index contributed by atoms with van der Waals surface area (Å²) in [6.07, 6.45) is -0.0589. The summed E-state index contributed by atoms with van der Waals surface area (Å²) in [5.74, 6) is -0.138. The van der Waals surface area contributed by atoms with Crippen LogP contribution in [0, 0.1) is 5.92 Å². The summed E-state index contributed by atoms with van der Waals surface area (Å²) in [6.45, 7) is 5.66. The lowest BCUT2D eigenvalue weighted by Gasteiger charge is -2.24. The van der Waals surface area contributed by atoms with E-state index < -0.39 is 5.97 Å². The lowest BCUT2D eigenvalue weighted by atomic mass is 10.1. The molecule has 0 saturated heterocycles. The highest BCUT2D eigenvalue weighted by molar-refractivity contribution is 5.94. The summed E-state index contributed by atoms with van der Waals surface area (Å²) in [4.78, 5) is 24.9. The first-order valence-corrected chi connectivity index (χ1v) is 7.67. The van der Waals surface area contributed by atoms with Crippen molar-refractivity contribution < 1.29 is 24.2 Å². The number of amides is 1. The van der Waals surface area contributed by atoms with Gasteiger partial charge >= 0.3 is 5.97 Å². The third-order valence-corrected chi connectivity index (χ3v) is 3.13. The Morgan fingerprint density at radius 2 is 1.83 bits per heavy atom. The smallest absolute Gasteiger partial charge is 0.305 e. The van der Waals surface area contributed by atoms with Crippen LogP contribution >= 0.6 is 0 Å². The number of methoxy groups -OCH3 is 1. The Labute approximate surface area is 137 Å². The third-order valence-electron chi connectivity index (χ3n) is 3.13. The normalized spacial score (nSPS) is 10.6. The molecule has 1 rings (SSSR count). The van der Waals surface area contributed by atoms with E-state index in [0.717, 1.165) is 0 Å². The molecule has 0 fully saturated rings. The van der Waals surface area contributed by atoms with Crippen LogP contribution in [0.25, 0.3) is 0 Å². The number of carbonyl (C=O) groups is 2. The molecule has 23 heavy (non-hydrogen) atoms. The lowest BCUT2D eigenvalue weighted by molar-refractivity contribution is -0.137. The van der Waals surface area contributed by atoms with Gasteiger partial charge in [-0.2, -0.15) is 0 Å². The number of hydrogen-bond acceptors (Lipinski definition) is 4. The summed E-state index contributed by atoms with van der Waals surface area (Å²) >= 11 is 0. The molecule has 1 N–H and O–H groups in total. The van der Waals surface area contributed by atoms with Gasteiger partial charge in [-0.25, -0.2) is 0 Å². The Morgan fingerprint density at radius 3 is 2.35 bits per heavy atom. The standard InChI is InChI=1S/C17H25NO5/c1-13(2)12-18(9-8-16(19)20)17(21)14-4-6-15(7-5-14)23-11-10-22-3/h4-7,13H,8-12H2,1-3H3,(H,19,20). The molecule has 0 unspecified atom stereocenters. The molecule has 0 bridgehead atoms. The van der Waals surface area contributed by atoms with E-state index in [-0.39, 0.29) is 24.8 Å². The van der Waals surface area contributed by atoms with Crippen molar-refractivity contribution >= 4 is 11.9 Å². The van der Waals surface area contributed by atoms with Crippen LogP contribution in [0.15, 0.2) is 24.3 Å². The first kappa shape index (κ1) is 19.0. The molecule has 6 heteroatoms. The second-order valence-corrected chi connectivity index (χ2v) is 5.65. The molecule has 1 aromatic carbocycles. The summed E-state index contributed by atoms with van der Waals surface area (Å²) < 4.78 is 10.4. The van der Waals surface area contributed by atoms with Crippen molar-refractivity contribution in [2.24, 2.45) is 5.92 Å². The number of nitrogens with zero attached hydrogens (tertiary/aromatic N) is 1. The van der Waals surface area contributed by atoms with Crippen molar-refractivity contribution in [1.29, 1.82) is 0 Å². The molecule has 0 saturated carbocycles. The van der Waals surface area contributed by atoms with Gasteiger partial charge in [-0.15, -0.1) is 0 Å². The third kappa shape index (κ3) is 7.15. The number of hydrogen-bond donors (Lipinski definition) is 1. The minimum atomic E-state index is -0.909. The average Bonchev–Trinajstić information content (AvgIpc) is 2.51. The van der Waals surface area contributed by atoms with E-state index in [1.807, 2.05) is 13.8 Å². The minimum absolute atomic E-state index is 0.0589. The number of aliphatic carboxylic acids is 1. The molecule has 0 heterocycles. The van der Waals surface area contributed by atoms with Crippen LogP contribution in [-0.2, 0) is 9.53 Å². The number of ether oxygens (including phenoxy) is 2. The van der Waals surface area contributed by atoms with Crippen molar-refractivity contribution in [3.63, 3.8) is 0 Å². The van der Waals surface area contributed by atoms with Gasteiger partial charge in [0.05, 0.1) is 13.0 Å². The number of carbonyl (C=O) groups excluding carboxylic acids is 1. The van der Waals surface area contributed by atoms with E-state index in [1.165, 1.54) is 0 Å². The molecule has 0 aliphatic carbocycles. The maximum atomic E-state index is 12.5. The van der Waals surface area contributed by atoms with Gasteiger partial charge in [-0.05, 0) is 30.2 Å². The van der Waals surface area contributed by atoms with Gasteiger partial charge < -0.3 is 19.5 Å². The van der Waals surface area contributed by atoms with Crippen molar-refractivity contribution in [2.45, 2.75) is 20.3 Å². The fraction of sp³-hybridized carbons (Fsp3) is 0.529.